The van der Waals surface area contributed by atoms with Crippen molar-refractivity contribution in [2.75, 3.05) is 19.0 Å². The maximum Gasteiger partial charge on any atom is 0.124 e. The van der Waals surface area contributed by atoms with Gasteiger partial charge in [-0.05, 0) is 39.3 Å². The smallest absolute Gasteiger partial charge is 0.124 e. The number of nitrogens with one attached hydrogen (secondary N) is 2. The highest BCUT2D eigenvalue weighted by Gasteiger charge is 2.24. The van der Waals surface area contributed by atoms with Gasteiger partial charge < -0.3 is 15.4 Å². The molecule has 0 spiro atoms. The fourth-order valence-corrected chi connectivity index (χ4v) is 2.40. The van der Waals surface area contributed by atoms with E-state index in [0.29, 0.717) is 6.04 Å². The van der Waals surface area contributed by atoms with Gasteiger partial charge in [0, 0.05) is 29.4 Å². The van der Waals surface area contributed by atoms with Crippen LogP contribution in [0.4, 0.5) is 5.69 Å². The van der Waals surface area contributed by atoms with E-state index >= 15 is 0 Å². The van der Waals surface area contributed by atoms with Crippen LogP contribution in [0.15, 0.2) is 18.2 Å². The van der Waals surface area contributed by atoms with Crippen molar-refractivity contribution in [3.63, 3.8) is 0 Å². The van der Waals surface area contributed by atoms with Crippen LogP contribution >= 0.6 is 0 Å². The number of ether oxygens (including phenoxy) is 1. The second-order valence-electron chi connectivity index (χ2n) is 5.66. The lowest BCUT2D eigenvalue weighted by atomic mass is 9.96. The van der Waals surface area contributed by atoms with Crippen LogP contribution in [0.2, 0.25) is 0 Å². The summed E-state index contributed by atoms with van der Waals surface area (Å²) in [6, 6.07) is 6.63. The first-order valence-electron chi connectivity index (χ1n) is 6.17. The monoisotopic (exact) mass is 234 g/mol. The van der Waals surface area contributed by atoms with Crippen molar-refractivity contribution in [1.29, 1.82) is 0 Å². The zero-order valence-electron chi connectivity index (χ0n) is 11.1. The summed E-state index contributed by atoms with van der Waals surface area (Å²) in [6.45, 7) is 7.57. The zero-order valence-corrected chi connectivity index (χ0v) is 11.1. The molecular formula is C14H22N2O. The van der Waals surface area contributed by atoms with Crippen molar-refractivity contribution in [3.05, 3.63) is 23.8 Å². The Kier molecular flexibility index (Phi) is 3.29. The van der Waals surface area contributed by atoms with E-state index in [1.807, 2.05) is 12.1 Å². The molecule has 1 unspecified atom stereocenters. The number of benzene rings is 1. The first kappa shape index (κ1) is 12.2. The summed E-state index contributed by atoms with van der Waals surface area (Å²) in [5.41, 5.74) is 2.63. The third-order valence-corrected chi connectivity index (χ3v) is 2.98. The van der Waals surface area contributed by atoms with Crippen LogP contribution in [0.3, 0.4) is 0 Å². The minimum absolute atomic E-state index is 0.145. The number of methoxy groups -OCH3 is 1. The van der Waals surface area contributed by atoms with Crippen molar-refractivity contribution in [2.24, 2.45) is 0 Å². The van der Waals surface area contributed by atoms with Gasteiger partial charge in [-0.25, -0.2) is 0 Å². The van der Waals surface area contributed by atoms with Gasteiger partial charge in [0.25, 0.3) is 0 Å². The summed E-state index contributed by atoms with van der Waals surface area (Å²) < 4.78 is 5.42. The van der Waals surface area contributed by atoms with Gasteiger partial charge in [0.15, 0.2) is 0 Å². The maximum absolute atomic E-state index is 5.42. The van der Waals surface area contributed by atoms with E-state index in [1.54, 1.807) is 7.11 Å². The summed E-state index contributed by atoms with van der Waals surface area (Å²) in [7, 11) is 1.73. The van der Waals surface area contributed by atoms with Crippen LogP contribution < -0.4 is 15.4 Å². The lowest BCUT2D eigenvalue weighted by Crippen LogP contribution is -2.49. The molecule has 0 saturated heterocycles. The van der Waals surface area contributed by atoms with Crippen LogP contribution in [0, 0.1) is 0 Å². The van der Waals surface area contributed by atoms with Gasteiger partial charge in [-0.15, -0.1) is 0 Å². The predicted octanol–water partition coefficient (Wildman–Crippen LogP) is 2.42. The number of anilines is 1. The molecule has 0 amide bonds. The average molecular weight is 234 g/mol. The SMILES string of the molecule is COc1cccc2c1CC(NC(C)(C)C)CN2. The Morgan fingerprint density at radius 3 is 2.76 bits per heavy atom. The molecule has 0 aliphatic carbocycles. The molecule has 0 fully saturated rings. The first-order valence-corrected chi connectivity index (χ1v) is 6.17. The highest BCUT2D eigenvalue weighted by molar-refractivity contribution is 5.59. The van der Waals surface area contributed by atoms with E-state index in [-0.39, 0.29) is 5.54 Å². The molecule has 3 heteroatoms. The van der Waals surface area contributed by atoms with Gasteiger partial charge in [0.1, 0.15) is 5.75 Å². The van der Waals surface area contributed by atoms with Crippen LogP contribution in [-0.2, 0) is 6.42 Å². The van der Waals surface area contributed by atoms with Gasteiger partial charge in [-0.1, -0.05) is 6.07 Å². The summed E-state index contributed by atoms with van der Waals surface area (Å²) in [5.74, 6) is 0.982. The average Bonchev–Trinajstić information content (AvgIpc) is 2.26. The van der Waals surface area contributed by atoms with Gasteiger partial charge in [-0.2, -0.15) is 0 Å². The quantitative estimate of drug-likeness (QED) is 0.824. The molecule has 0 radical (unpaired) electrons. The highest BCUT2D eigenvalue weighted by atomic mass is 16.5. The zero-order chi connectivity index (χ0) is 12.5. The highest BCUT2D eigenvalue weighted by Crippen LogP contribution is 2.30. The Labute approximate surface area is 104 Å². The molecule has 2 rings (SSSR count). The van der Waals surface area contributed by atoms with Crippen LogP contribution in [0.5, 0.6) is 5.75 Å². The Morgan fingerprint density at radius 1 is 1.35 bits per heavy atom. The third kappa shape index (κ3) is 2.91. The molecule has 1 aromatic carbocycles. The largest absolute Gasteiger partial charge is 0.496 e. The van der Waals surface area contributed by atoms with Crippen molar-refractivity contribution in [1.82, 2.24) is 5.32 Å². The summed E-state index contributed by atoms with van der Waals surface area (Å²) in [4.78, 5) is 0. The van der Waals surface area contributed by atoms with Crippen LogP contribution in [-0.4, -0.2) is 25.2 Å². The van der Waals surface area contributed by atoms with Gasteiger partial charge in [0.05, 0.1) is 7.11 Å². The van der Waals surface area contributed by atoms with E-state index < -0.39 is 0 Å². The van der Waals surface area contributed by atoms with E-state index in [9.17, 15) is 0 Å². The van der Waals surface area contributed by atoms with E-state index in [2.05, 4.69) is 37.5 Å². The van der Waals surface area contributed by atoms with Crippen LogP contribution in [0.25, 0.3) is 0 Å². The molecule has 0 saturated carbocycles. The van der Waals surface area contributed by atoms with Crippen molar-refractivity contribution in [2.45, 2.75) is 38.8 Å². The maximum atomic E-state index is 5.42. The van der Waals surface area contributed by atoms with Gasteiger partial charge in [-0.3, -0.25) is 0 Å². The molecule has 3 nitrogen and oxygen atoms in total. The second-order valence-corrected chi connectivity index (χ2v) is 5.66. The normalized spacial score (nSPS) is 19.4. The standard InChI is InChI=1S/C14H22N2O/c1-14(2,3)16-10-8-11-12(15-9-10)6-5-7-13(11)17-4/h5-7,10,15-16H,8-9H2,1-4H3. The van der Waals surface area contributed by atoms with E-state index in [4.69, 9.17) is 4.74 Å². The van der Waals surface area contributed by atoms with Gasteiger partial charge in [0.2, 0.25) is 0 Å². The summed E-state index contributed by atoms with van der Waals surface area (Å²) in [5, 5.41) is 7.10. The minimum atomic E-state index is 0.145. The number of hydrogen-bond donors (Lipinski definition) is 2. The number of hydrogen-bond acceptors (Lipinski definition) is 3. The second kappa shape index (κ2) is 4.57. The third-order valence-electron chi connectivity index (χ3n) is 2.98. The first-order chi connectivity index (χ1) is 7.99. The van der Waals surface area contributed by atoms with E-state index in [0.717, 1.165) is 18.7 Å². The Hall–Kier alpha value is -1.22. The van der Waals surface area contributed by atoms with Crippen molar-refractivity contribution >= 4 is 5.69 Å². The Morgan fingerprint density at radius 2 is 2.12 bits per heavy atom. The summed E-state index contributed by atoms with van der Waals surface area (Å²) in [6.07, 6.45) is 1.02. The minimum Gasteiger partial charge on any atom is -0.496 e. The molecule has 1 heterocycles. The molecule has 1 atom stereocenters. The topological polar surface area (TPSA) is 33.3 Å². The molecule has 1 aliphatic rings. The lowest BCUT2D eigenvalue weighted by Gasteiger charge is -2.33. The lowest BCUT2D eigenvalue weighted by molar-refractivity contribution is 0.353. The molecule has 2 N–H and O–H groups in total. The summed E-state index contributed by atoms with van der Waals surface area (Å²) >= 11 is 0. The van der Waals surface area contributed by atoms with Crippen molar-refractivity contribution < 1.29 is 4.74 Å². The van der Waals surface area contributed by atoms with E-state index in [1.165, 1.54) is 11.3 Å². The Bertz CT molecular complexity index is 381. The number of fused-ring (bicyclic) bond motifs is 1. The molecule has 1 aliphatic heterocycles. The molecule has 94 valence electrons. The predicted molar refractivity (Wildman–Crippen MR) is 71.9 cm³/mol. The van der Waals surface area contributed by atoms with Crippen LogP contribution in [0.1, 0.15) is 26.3 Å². The van der Waals surface area contributed by atoms with Gasteiger partial charge >= 0.3 is 0 Å². The fourth-order valence-electron chi connectivity index (χ4n) is 2.40. The molecule has 17 heavy (non-hydrogen) atoms. The molecular weight excluding hydrogens is 212 g/mol. The Balaban J connectivity index is 2.17. The molecule has 1 aromatic rings. The molecule has 0 bridgehead atoms. The number of rotatable bonds is 2. The fraction of sp³-hybridized carbons (Fsp3) is 0.571. The molecule has 0 aromatic heterocycles. The van der Waals surface area contributed by atoms with Crippen molar-refractivity contribution in [3.8, 4) is 5.75 Å².